The molecule has 0 radical (unpaired) electrons. The molecule has 0 heterocycles. The minimum absolute atomic E-state index is 0.0664. The molecule has 2 aromatic carbocycles. The predicted octanol–water partition coefficient (Wildman–Crippen LogP) is 4.03. The standard InChI is InChI=1S/C15H10Cl2O3/c16-11-7-4-8-12(17)14(11)15(19)20-9-13(18)10-5-2-1-3-6-10/h1-8H,9H2. The van der Waals surface area contributed by atoms with Crippen molar-refractivity contribution in [3.05, 3.63) is 69.7 Å². The van der Waals surface area contributed by atoms with Crippen molar-refractivity contribution >= 4 is 35.0 Å². The number of hydrogen-bond donors (Lipinski definition) is 0. The molecule has 2 rings (SSSR count). The molecular weight excluding hydrogens is 299 g/mol. The summed E-state index contributed by atoms with van der Waals surface area (Å²) in [6.07, 6.45) is 0. The highest BCUT2D eigenvalue weighted by Crippen LogP contribution is 2.24. The summed E-state index contributed by atoms with van der Waals surface area (Å²) in [6.45, 7) is -0.357. The van der Waals surface area contributed by atoms with Crippen LogP contribution in [-0.2, 0) is 4.74 Å². The van der Waals surface area contributed by atoms with E-state index in [0.717, 1.165) is 0 Å². The Hall–Kier alpha value is -1.84. The lowest BCUT2D eigenvalue weighted by molar-refractivity contribution is 0.0475. The highest BCUT2D eigenvalue weighted by molar-refractivity contribution is 6.39. The lowest BCUT2D eigenvalue weighted by Crippen LogP contribution is -2.14. The summed E-state index contributed by atoms with van der Waals surface area (Å²) in [6, 6.07) is 13.3. The highest BCUT2D eigenvalue weighted by atomic mass is 35.5. The quantitative estimate of drug-likeness (QED) is 0.632. The smallest absolute Gasteiger partial charge is 0.341 e. The first-order valence-corrected chi connectivity index (χ1v) is 6.54. The number of carbonyl (C=O) groups is 2. The van der Waals surface area contributed by atoms with Crippen molar-refractivity contribution in [2.24, 2.45) is 0 Å². The van der Waals surface area contributed by atoms with Crippen LogP contribution in [0.3, 0.4) is 0 Å². The molecule has 0 atom stereocenters. The first-order chi connectivity index (χ1) is 9.59. The number of benzene rings is 2. The molecule has 0 aliphatic heterocycles. The molecule has 3 nitrogen and oxygen atoms in total. The minimum Gasteiger partial charge on any atom is -0.454 e. The van der Waals surface area contributed by atoms with Crippen molar-refractivity contribution in [1.82, 2.24) is 0 Å². The second-order valence-corrected chi connectivity index (χ2v) is 4.78. The van der Waals surface area contributed by atoms with E-state index in [4.69, 9.17) is 27.9 Å². The molecule has 0 fully saturated rings. The molecule has 0 saturated heterocycles. The number of carbonyl (C=O) groups excluding carboxylic acids is 2. The summed E-state index contributed by atoms with van der Waals surface area (Å²) in [5.74, 6) is -1.01. The van der Waals surface area contributed by atoms with Crippen LogP contribution in [0.15, 0.2) is 48.5 Å². The Kier molecular flexibility index (Phi) is 4.77. The molecule has 0 N–H and O–H groups in total. The van der Waals surface area contributed by atoms with Crippen LogP contribution in [0.25, 0.3) is 0 Å². The molecule has 102 valence electrons. The van der Waals surface area contributed by atoms with E-state index in [1.807, 2.05) is 0 Å². The van der Waals surface area contributed by atoms with Crippen LogP contribution in [0.1, 0.15) is 20.7 Å². The SMILES string of the molecule is O=C(COC(=O)c1c(Cl)cccc1Cl)c1ccccc1. The van der Waals surface area contributed by atoms with Gasteiger partial charge in [-0.05, 0) is 12.1 Å². The zero-order valence-electron chi connectivity index (χ0n) is 10.3. The lowest BCUT2D eigenvalue weighted by Gasteiger charge is -2.07. The number of rotatable bonds is 4. The molecule has 0 amide bonds. The van der Waals surface area contributed by atoms with Crippen LogP contribution in [0.4, 0.5) is 0 Å². The first kappa shape index (κ1) is 14.6. The molecule has 0 aliphatic rings. The van der Waals surface area contributed by atoms with Gasteiger partial charge in [-0.2, -0.15) is 0 Å². The Bertz CT molecular complexity index is 619. The van der Waals surface area contributed by atoms with Crippen LogP contribution in [-0.4, -0.2) is 18.4 Å². The van der Waals surface area contributed by atoms with Crippen molar-refractivity contribution in [3.8, 4) is 0 Å². The molecule has 0 bridgehead atoms. The molecule has 0 spiro atoms. The maximum atomic E-state index is 11.9. The second-order valence-electron chi connectivity index (χ2n) is 3.96. The number of esters is 1. The third-order valence-electron chi connectivity index (χ3n) is 2.60. The summed E-state index contributed by atoms with van der Waals surface area (Å²) >= 11 is 11.8. The largest absolute Gasteiger partial charge is 0.454 e. The number of halogens is 2. The Labute approximate surface area is 126 Å². The van der Waals surface area contributed by atoms with E-state index in [1.165, 1.54) is 12.1 Å². The van der Waals surface area contributed by atoms with Gasteiger partial charge in [-0.1, -0.05) is 59.6 Å². The van der Waals surface area contributed by atoms with Crippen molar-refractivity contribution < 1.29 is 14.3 Å². The van der Waals surface area contributed by atoms with E-state index in [0.29, 0.717) is 5.56 Å². The molecule has 0 unspecified atom stereocenters. The van der Waals surface area contributed by atoms with Crippen LogP contribution < -0.4 is 0 Å². The third-order valence-corrected chi connectivity index (χ3v) is 3.23. The predicted molar refractivity (Wildman–Crippen MR) is 77.5 cm³/mol. The molecule has 0 aromatic heterocycles. The van der Waals surface area contributed by atoms with Crippen molar-refractivity contribution in [2.45, 2.75) is 0 Å². The molecule has 2 aromatic rings. The zero-order valence-corrected chi connectivity index (χ0v) is 11.8. The summed E-state index contributed by atoms with van der Waals surface area (Å²) < 4.78 is 4.95. The van der Waals surface area contributed by atoms with E-state index < -0.39 is 5.97 Å². The zero-order chi connectivity index (χ0) is 14.5. The maximum Gasteiger partial charge on any atom is 0.341 e. The molecular formula is C15H10Cl2O3. The molecule has 20 heavy (non-hydrogen) atoms. The van der Waals surface area contributed by atoms with Gasteiger partial charge in [-0.25, -0.2) is 4.79 Å². The van der Waals surface area contributed by atoms with Gasteiger partial charge < -0.3 is 4.74 Å². The third kappa shape index (κ3) is 3.38. The van der Waals surface area contributed by atoms with Gasteiger partial charge in [-0.3, -0.25) is 4.79 Å². The van der Waals surface area contributed by atoms with Crippen molar-refractivity contribution in [1.29, 1.82) is 0 Å². The fourth-order valence-electron chi connectivity index (χ4n) is 1.60. The minimum atomic E-state index is -0.718. The van der Waals surface area contributed by atoms with Crippen molar-refractivity contribution in [2.75, 3.05) is 6.61 Å². The Morgan fingerprint density at radius 1 is 0.900 bits per heavy atom. The van der Waals surface area contributed by atoms with E-state index >= 15 is 0 Å². The monoisotopic (exact) mass is 308 g/mol. The summed E-state index contributed by atoms with van der Waals surface area (Å²) in [5.41, 5.74) is 0.544. The average molecular weight is 309 g/mol. The Morgan fingerprint density at radius 2 is 1.50 bits per heavy atom. The number of Topliss-reactive ketones (excluding diaryl/α,β-unsaturated/α-hetero) is 1. The van der Waals surface area contributed by atoms with Gasteiger partial charge in [0.15, 0.2) is 12.4 Å². The van der Waals surface area contributed by atoms with Gasteiger partial charge in [0.2, 0.25) is 0 Å². The molecule has 0 aliphatic carbocycles. The van der Waals surface area contributed by atoms with E-state index in [2.05, 4.69) is 0 Å². The van der Waals surface area contributed by atoms with Gasteiger partial charge in [0.25, 0.3) is 0 Å². The second kappa shape index (κ2) is 6.55. The highest BCUT2D eigenvalue weighted by Gasteiger charge is 2.17. The summed E-state index contributed by atoms with van der Waals surface area (Å²) in [7, 11) is 0. The number of ether oxygens (including phenoxy) is 1. The topological polar surface area (TPSA) is 43.4 Å². The van der Waals surface area contributed by atoms with Crippen LogP contribution >= 0.6 is 23.2 Å². The van der Waals surface area contributed by atoms with Crippen LogP contribution in [0, 0.1) is 0 Å². The Balaban J connectivity index is 2.05. The lowest BCUT2D eigenvalue weighted by atomic mass is 10.1. The first-order valence-electron chi connectivity index (χ1n) is 5.79. The van der Waals surface area contributed by atoms with E-state index in [9.17, 15) is 9.59 Å². The van der Waals surface area contributed by atoms with Gasteiger partial charge >= 0.3 is 5.97 Å². The van der Waals surface area contributed by atoms with Gasteiger partial charge in [-0.15, -0.1) is 0 Å². The molecule has 0 saturated carbocycles. The van der Waals surface area contributed by atoms with E-state index in [1.54, 1.807) is 36.4 Å². The summed E-state index contributed by atoms with van der Waals surface area (Å²) in [4.78, 5) is 23.7. The number of hydrogen-bond acceptors (Lipinski definition) is 3. The van der Waals surface area contributed by atoms with Crippen molar-refractivity contribution in [3.63, 3.8) is 0 Å². The fourth-order valence-corrected chi connectivity index (χ4v) is 2.16. The van der Waals surface area contributed by atoms with Gasteiger partial charge in [0.05, 0.1) is 15.6 Å². The average Bonchev–Trinajstić information content (AvgIpc) is 2.45. The van der Waals surface area contributed by atoms with Crippen LogP contribution in [0.2, 0.25) is 10.0 Å². The summed E-state index contributed by atoms with van der Waals surface area (Å²) in [5, 5.41) is 0.379. The molecule has 5 heteroatoms. The normalized spacial score (nSPS) is 10.1. The fraction of sp³-hybridized carbons (Fsp3) is 0.0667. The maximum absolute atomic E-state index is 11.9. The number of ketones is 1. The van der Waals surface area contributed by atoms with Crippen LogP contribution in [0.5, 0.6) is 0 Å². The Morgan fingerprint density at radius 3 is 2.10 bits per heavy atom. The van der Waals surface area contributed by atoms with Gasteiger partial charge in [0.1, 0.15) is 0 Å². The van der Waals surface area contributed by atoms with Gasteiger partial charge in [0, 0.05) is 5.56 Å². The van der Waals surface area contributed by atoms with E-state index in [-0.39, 0.29) is 28.0 Å².